The van der Waals surface area contributed by atoms with Crippen molar-refractivity contribution in [1.82, 2.24) is 0 Å². The molecular formula is C15H13Cl2NO2. The van der Waals surface area contributed by atoms with Crippen molar-refractivity contribution in [2.75, 3.05) is 5.32 Å². The van der Waals surface area contributed by atoms with E-state index in [-0.39, 0.29) is 5.91 Å². The average Bonchev–Trinajstić information content (AvgIpc) is 2.44. The quantitative estimate of drug-likeness (QED) is 0.909. The molecular weight excluding hydrogens is 297 g/mol. The summed E-state index contributed by atoms with van der Waals surface area (Å²) in [6.07, 6.45) is -0.646. The number of hydrogen-bond donors (Lipinski definition) is 1. The third-order valence-corrected chi connectivity index (χ3v) is 3.35. The summed E-state index contributed by atoms with van der Waals surface area (Å²) < 4.78 is 5.53. The second kappa shape index (κ2) is 6.64. The van der Waals surface area contributed by atoms with E-state index >= 15 is 0 Å². The van der Waals surface area contributed by atoms with Gasteiger partial charge >= 0.3 is 0 Å². The summed E-state index contributed by atoms with van der Waals surface area (Å²) in [6, 6.07) is 14.1. The zero-order valence-electron chi connectivity index (χ0n) is 10.8. The Morgan fingerprint density at radius 1 is 1.10 bits per heavy atom. The maximum Gasteiger partial charge on any atom is 0.265 e. The van der Waals surface area contributed by atoms with Gasteiger partial charge < -0.3 is 10.1 Å². The van der Waals surface area contributed by atoms with Crippen LogP contribution in [0.25, 0.3) is 0 Å². The van der Waals surface area contributed by atoms with Crippen LogP contribution >= 0.6 is 23.2 Å². The van der Waals surface area contributed by atoms with Crippen LogP contribution in [-0.2, 0) is 4.79 Å². The fourth-order valence-corrected chi connectivity index (χ4v) is 1.86. The van der Waals surface area contributed by atoms with E-state index in [1.807, 2.05) is 30.3 Å². The van der Waals surface area contributed by atoms with Gasteiger partial charge in [-0.15, -0.1) is 0 Å². The number of hydrogen-bond acceptors (Lipinski definition) is 2. The lowest BCUT2D eigenvalue weighted by Gasteiger charge is -2.15. The molecule has 2 aromatic rings. The van der Waals surface area contributed by atoms with Gasteiger partial charge in [0.2, 0.25) is 0 Å². The van der Waals surface area contributed by atoms with Gasteiger partial charge in [0.25, 0.3) is 5.91 Å². The fraction of sp³-hybridized carbons (Fsp3) is 0.133. The van der Waals surface area contributed by atoms with Crippen molar-refractivity contribution in [2.45, 2.75) is 13.0 Å². The van der Waals surface area contributed by atoms with Crippen LogP contribution in [0.1, 0.15) is 6.92 Å². The highest BCUT2D eigenvalue weighted by atomic mass is 35.5. The second-order valence-corrected chi connectivity index (χ2v) is 5.01. The molecule has 1 atom stereocenters. The van der Waals surface area contributed by atoms with Gasteiger partial charge in [0.1, 0.15) is 5.75 Å². The summed E-state index contributed by atoms with van der Waals surface area (Å²) in [5.74, 6) is 0.261. The van der Waals surface area contributed by atoms with E-state index in [2.05, 4.69) is 5.32 Å². The molecule has 0 heterocycles. The number of carbonyl (C=O) groups excluding carboxylic acids is 1. The zero-order chi connectivity index (χ0) is 14.5. The van der Waals surface area contributed by atoms with Crippen LogP contribution < -0.4 is 10.1 Å². The first-order valence-electron chi connectivity index (χ1n) is 6.04. The predicted molar refractivity (Wildman–Crippen MR) is 81.6 cm³/mol. The van der Waals surface area contributed by atoms with Gasteiger partial charge in [-0.3, -0.25) is 4.79 Å². The van der Waals surface area contributed by atoms with Crippen LogP contribution in [0, 0.1) is 0 Å². The molecule has 0 radical (unpaired) electrons. The summed E-state index contributed by atoms with van der Waals surface area (Å²) in [5.41, 5.74) is 0.724. The SMILES string of the molecule is C[C@H](Oc1ccc(Cl)c(Cl)c1)C(=O)Nc1ccccc1. The van der Waals surface area contributed by atoms with E-state index in [9.17, 15) is 4.79 Å². The number of amides is 1. The number of para-hydroxylation sites is 1. The molecule has 0 unspecified atom stereocenters. The Morgan fingerprint density at radius 3 is 2.45 bits per heavy atom. The Hall–Kier alpha value is -1.71. The summed E-state index contributed by atoms with van der Waals surface area (Å²) in [7, 11) is 0. The van der Waals surface area contributed by atoms with Gasteiger partial charge in [0.15, 0.2) is 6.10 Å². The van der Waals surface area contributed by atoms with E-state index in [1.165, 1.54) is 0 Å². The molecule has 20 heavy (non-hydrogen) atoms. The van der Waals surface area contributed by atoms with Crippen LogP contribution in [0.3, 0.4) is 0 Å². The first-order chi connectivity index (χ1) is 9.56. The molecule has 5 heteroatoms. The highest BCUT2D eigenvalue weighted by Crippen LogP contribution is 2.26. The summed E-state index contributed by atoms with van der Waals surface area (Å²) in [4.78, 5) is 12.0. The zero-order valence-corrected chi connectivity index (χ0v) is 12.3. The topological polar surface area (TPSA) is 38.3 Å². The highest BCUT2D eigenvalue weighted by molar-refractivity contribution is 6.42. The normalized spacial score (nSPS) is 11.8. The molecule has 2 aromatic carbocycles. The van der Waals surface area contributed by atoms with Gasteiger partial charge in [-0.1, -0.05) is 41.4 Å². The molecule has 0 aromatic heterocycles. The average molecular weight is 310 g/mol. The van der Waals surface area contributed by atoms with E-state index < -0.39 is 6.10 Å². The fourth-order valence-electron chi connectivity index (χ4n) is 1.57. The highest BCUT2D eigenvalue weighted by Gasteiger charge is 2.15. The third-order valence-electron chi connectivity index (χ3n) is 2.61. The van der Waals surface area contributed by atoms with E-state index in [4.69, 9.17) is 27.9 Å². The van der Waals surface area contributed by atoms with Crippen LogP contribution in [0.5, 0.6) is 5.75 Å². The molecule has 0 spiro atoms. The minimum Gasteiger partial charge on any atom is -0.481 e. The van der Waals surface area contributed by atoms with Crippen LogP contribution in [-0.4, -0.2) is 12.0 Å². The molecule has 2 rings (SSSR count). The van der Waals surface area contributed by atoms with Crippen molar-refractivity contribution in [3.8, 4) is 5.75 Å². The maximum atomic E-state index is 12.0. The van der Waals surface area contributed by atoms with E-state index in [1.54, 1.807) is 25.1 Å². The van der Waals surface area contributed by atoms with Gasteiger partial charge in [0.05, 0.1) is 10.0 Å². The van der Waals surface area contributed by atoms with Crippen molar-refractivity contribution < 1.29 is 9.53 Å². The van der Waals surface area contributed by atoms with Crippen molar-refractivity contribution in [3.05, 3.63) is 58.6 Å². The Morgan fingerprint density at radius 2 is 1.80 bits per heavy atom. The van der Waals surface area contributed by atoms with Gasteiger partial charge in [-0.05, 0) is 31.2 Å². The van der Waals surface area contributed by atoms with Crippen molar-refractivity contribution in [2.24, 2.45) is 0 Å². The van der Waals surface area contributed by atoms with E-state index in [0.717, 1.165) is 5.69 Å². The molecule has 0 fully saturated rings. The molecule has 1 N–H and O–H groups in total. The lowest BCUT2D eigenvalue weighted by molar-refractivity contribution is -0.122. The minimum atomic E-state index is -0.646. The smallest absolute Gasteiger partial charge is 0.265 e. The predicted octanol–water partition coefficient (Wildman–Crippen LogP) is 4.40. The van der Waals surface area contributed by atoms with Crippen molar-refractivity contribution in [3.63, 3.8) is 0 Å². The summed E-state index contributed by atoms with van der Waals surface area (Å²) >= 11 is 11.7. The summed E-state index contributed by atoms with van der Waals surface area (Å²) in [5, 5.41) is 3.60. The molecule has 0 aliphatic carbocycles. The first kappa shape index (κ1) is 14.7. The molecule has 0 saturated heterocycles. The molecule has 0 aliphatic heterocycles. The standard InChI is InChI=1S/C15H13Cl2NO2/c1-10(15(19)18-11-5-3-2-4-6-11)20-12-7-8-13(16)14(17)9-12/h2-10H,1H3,(H,18,19)/t10-/m0/s1. The Kier molecular flexibility index (Phi) is 4.88. The van der Waals surface area contributed by atoms with Crippen molar-refractivity contribution >= 4 is 34.8 Å². The lowest BCUT2D eigenvalue weighted by atomic mass is 10.3. The Balaban J connectivity index is 1.98. The van der Waals surface area contributed by atoms with Gasteiger partial charge in [-0.25, -0.2) is 0 Å². The van der Waals surface area contributed by atoms with Gasteiger partial charge in [0, 0.05) is 11.8 Å². The number of ether oxygens (including phenoxy) is 1. The maximum absolute atomic E-state index is 12.0. The second-order valence-electron chi connectivity index (χ2n) is 4.19. The number of benzene rings is 2. The van der Waals surface area contributed by atoms with Crippen molar-refractivity contribution in [1.29, 1.82) is 0 Å². The van der Waals surface area contributed by atoms with Gasteiger partial charge in [-0.2, -0.15) is 0 Å². The Bertz CT molecular complexity index is 602. The Labute approximate surface area is 127 Å². The molecule has 0 saturated carbocycles. The van der Waals surface area contributed by atoms with Crippen LogP contribution in [0.2, 0.25) is 10.0 Å². The number of anilines is 1. The number of halogens is 2. The first-order valence-corrected chi connectivity index (χ1v) is 6.79. The van der Waals surface area contributed by atoms with Crippen LogP contribution in [0.15, 0.2) is 48.5 Å². The number of carbonyl (C=O) groups is 1. The molecule has 104 valence electrons. The number of rotatable bonds is 4. The summed E-state index contributed by atoms with van der Waals surface area (Å²) in [6.45, 7) is 1.67. The minimum absolute atomic E-state index is 0.234. The number of nitrogens with one attached hydrogen (secondary N) is 1. The molecule has 3 nitrogen and oxygen atoms in total. The molecule has 0 bridgehead atoms. The third kappa shape index (κ3) is 3.89. The molecule has 0 aliphatic rings. The van der Waals surface area contributed by atoms with E-state index in [0.29, 0.717) is 15.8 Å². The van der Waals surface area contributed by atoms with Crippen LogP contribution in [0.4, 0.5) is 5.69 Å². The molecule has 1 amide bonds. The lowest BCUT2D eigenvalue weighted by Crippen LogP contribution is -2.30. The largest absolute Gasteiger partial charge is 0.481 e. The monoisotopic (exact) mass is 309 g/mol.